The van der Waals surface area contributed by atoms with Crippen LogP contribution in [0.3, 0.4) is 0 Å². The molecule has 164 valence electrons. The van der Waals surface area contributed by atoms with Gasteiger partial charge in [-0.3, -0.25) is 4.79 Å². The van der Waals surface area contributed by atoms with Crippen molar-refractivity contribution in [1.82, 2.24) is 14.9 Å². The van der Waals surface area contributed by atoms with Gasteiger partial charge in [0.15, 0.2) is 0 Å². The zero-order valence-corrected chi connectivity index (χ0v) is 18.4. The number of carbonyl (C=O) groups excluding carboxylic acids is 1. The van der Waals surface area contributed by atoms with E-state index in [0.29, 0.717) is 23.9 Å². The molecular weight excluding hydrogens is 416 g/mol. The van der Waals surface area contributed by atoms with Crippen LogP contribution in [0.4, 0.5) is 5.69 Å². The average molecular weight is 443 g/mol. The van der Waals surface area contributed by atoms with E-state index in [4.69, 9.17) is 4.52 Å². The van der Waals surface area contributed by atoms with Crippen LogP contribution in [-0.4, -0.2) is 31.0 Å². The van der Waals surface area contributed by atoms with E-state index in [-0.39, 0.29) is 23.6 Å². The van der Waals surface area contributed by atoms with Gasteiger partial charge in [-0.25, -0.2) is 13.1 Å². The third-order valence-electron chi connectivity index (χ3n) is 4.59. The highest BCUT2D eigenvalue weighted by Gasteiger charge is 2.15. The van der Waals surface area contributed by atoms with Crippen LogP contribution in [0.1, 0.15) is 37.6 Å². The van der Waals surface area contributed by atoms with Gasteiger partial charge in [-0.05, 0) is 31.5 Å². The van der Waals surface area contributed by atoms with Gasteiger partial charge >= 0.3 is 0 Å². The van der Waals surface area contributed by atoms with Gasteiger partial charge in [0.1, 0.15) is 0 Å². The van der Waals surface area contributed by atoms with Crippen molar-refractivity contribution in [3.8, 4) is 11.4 Å². The molecule has 1 heterocycles. The number of benzene rings is 2. The van der Waals surface area contributed by atoms with E-state index in [1.165, 1.54) is 12.1 Å². The third kappa shape index (κ3) is 6.47. The molecule has 0 saturated heterocycles. The molecule has 0 fully saturated rings. The summed E-state index contributed by atoms with van der Waals surface area (Å²) in [7, 11) is -3.61. The molecule has 0 aliphatic carbocycles. The zero-order chi connectivity index (χ0) is 22.3. The Hall–Kier alpha value is -3.04. The lowest BCUT2D eigenvalue weighted by molar-refractivity contribution is -0.116. The fourth-order valence-electron chi connectivity index (χ4n) is 2.83. The molecule has 0 unspecified atom stereocenters. The van der Waals surface area contributed by atoms with E-state index >= 15 is 0 Å². The molecular formula is C22H26N4O4S. The highest BCUT2D eigenvalue weighted by atomic mass is 32.2. The molecule has 0 bridgehead atoms. The maximum absolute atomic E-state index is 12.3. The number of sulfonamides is 1. The van der Waals surface area contributed by atoms with Crippen LogP contribution in [-0.2, 0) is 21.2 Å². The Labute approximate surface area is 182 Å². The van der Waals surface area contributed by atoms with Crippen molar-refractivity contribution in [2.75, 3.05) is 11.9 Å². The summed E-state index contributed by atoms with van der Waals surface area (Å²) in [4.78, 5) is 16.7. The van der Waals surface area contributed by atoms with Gasteiger partial charge in [0.25, 0.3) is 0 Å². The van der Waals surface area contributed by atoms with Gasteiger partial charge in [0.05, 0.1) is 4.90 Å². The summed E-state index contributed by atoms with van der Waals surface area (Å²) in [5, 5.41) is 6.67. The van der Waals surface area contributed by atoms with Gasteiger partial charge in [-0.2, -0.15) is 4.98 Å². The molecule has 0 saturated carbocycles. The van der Waals surface area contributed by atoms with Crippen molar-refractivity contribution < 1.29 is 17.7 Å². The van der Waals surface area contributed by atoms with E-state index in [2.05, 4.69) is 20.2 Å². The van der Waals surface area contributed by atoms with Gasteiger partial charge in [-0.1, -0.05) is 54.4 Å². The number of anilines is 1. The lowest BCUT2D eigenvalue weighted by Gasteiger charge is -2.09. The van der Waals surface area contributed by atoms with E-state index in [1.807, 2.05) is 38.1 Å². The lowest BCUT2D eigenvalue weighted by atomic mass is 10.1. The second-order valence-corrected chi connectivity index (χ2v) is 8.97. The smallest absolute Gasteiger partial charge is 0.240 e. The Balaban J connectivity index is 1.56. The first-order valence-electron chi connectivity index (χ1n) is 10.2. The molecule has 3 rings (SSSR count). The molecule has 2 N–H and O–H groups in total. The van der Waals surface area contributed by atoms with Gasteiger partial charge < -0.3 is 9.84 Å². The Kier molecular flexibility index (Phi) is 7.54. The molecule has 2 aromatic carbocycles. The number of unbranched alkanes of at least 4 members (excludes halogenated alkanes) is 1. The number of nitrogens with one attached hydrogen (secondary N) is 2. The van der Waals surface area contributed by atoms with Crippen molar-refractivity contribution in [2.45, 2.75) is 44.4 Å². The van der Waals surface area contributed by atoms with E-state index in [9.17, 15) is 13.2 Å². The summed E-state index contributed by atoms with van der Waals surface area (Å²) >= 11 is 0. The minimum Gasteiger partial charge on any atom is -0.339 e. The maximum Gasteiger partial charge on any atom is 0.240 e. The predicted molar refractivity (Wildman–Crippen MR) is 118 cm³/mol. The van der Waals surface area contributed by atoms with Gasteiger partial charge in [-0.15, -0.1) is 0 Å². The summed E-state index contributed by atoms with van der Waals surface area (Å²) in [6, 6.07) is 13.9. The van der Waals surface area contributed by atoms with Crippen LogP contribution >= 0.6 is 0 Å². The number of aryl methyl sites for hydroxylation is 2. The zero-order valence-electron chi connectivity index (χ0n) is 17.6. The molecule has 0 aliphatic heterocycles. The quantitative estimate of drug-likeness (QED) is 0.463. The Morgan fingerprint density at radius 2 is 1.90 bits per heavy atom. The highest BCUT2D eigenvalue weighted by molar-refractivity contribution is 7.89. The average Bonchev–Trinajstić information content (AvgIpc) is 3.22. The normalized spacial score (nSPS) is 11.4. The highest BCUT2D eigenvalue weighted by Crippen LogP contribution is 2.18. The molecule has 9 heteroatoms. The maximum atomic E-state index is 12.3. The molecule has 1 aromatic heterocycles. The van der Waals surface area contributed by atoms with Crippen molar-refractivity contribution in [3.05, 3.63) is 60.0 Å². The Morgan fingerprint density at radius 3 is 2.65 bits per heavy atom. The number of nitrogens with zero attached hydrogens (tertiary/aromatic N) is 2. The summed E-state index contributed by atoms with van der Waals surface area (Å²) in [5.74, 6) is 0.564. The largest absolute Gasteiger partial charge is 0.339 e. The SMILES string of the molecule is CCCCNS(=O)(=O)c1cccc(NC(=O)CCc2nc(-c3ccc(C)cc3)no2)c1. The minimum absolute atomic E-state index is 0.112. The number of hydrogen-bond donors (Lipinski definition) is 2. The first-order valence-corrected chi connectivity index (χ1v) is 11.6. The van der Waals surface area contributed by atoms with Crippen molar-refractivity contribution in [3.63, 3.8) is 0 Å². The monoisotopic (exact) mass is 442 g/mol. The number of hydrogen-bond acceptors (Lipinski definition) is 6. The lowest BCUT2D eigenvalue weighted by Crippen LogP contribution is -2.24. The first kappa shape index (κ1) is 22.6. The standard InChI is InChI=1S/C22H26N4O4S/c1-3-4-14-23-31(28,29)19-7-5-6-18(15-19)24-20(27)12-13-21-25-22(26-30-21)17-10-8-16(2)9-11-17/h5-11,15,23H,3-4,12-14H2,1-2H3,(H,24,27). The van der Waals surface area contributed by atoms with Crippen LogP contribution in [0.25, 0.3) is 11.4 Å². The van der Waals surface area contributed by atoms with E-state index in [0.717, 1.165) is 24.0 Å². The molecule has 0 radical (unpaired) electrons. The van der Waals surface area contributed by atoms with E-state index < -0.39 is 10.0 Å². The minimum atomic E-state index is -3.61. The molecule has 0 aliphatic rings. The summed E-state index contributed by atoms with van der Waals surface area (Å²) in [6.45, 7) is 4.37. The predicted octanol–water partition coefficient (Wildman–Crippen LogP) is 3.69. The number of aromatic nitrogens is 2. The van der Waals surface area contributed by atoms with Crippen molar-refractivity contribution in [1.29, 1.82) is 0 Å². The van der Waals surface area contributed by atoms with Crippen LogP contribution in [0.15, 0.2) is 57.9 Å². The summed E-state index contributed by atoms with van der Waals surface area (Å²) in [5.41, 5.74) is 2.39. The van der Waals surface area contributed by atoms with Crippen LogP contribution in [0.5, 0.6) is 0 Å². The van der Waals surface area contributed by atoms with E-state index in [1.54, 1.807) is 12.1 Å². The second-order valence-electron chi connectivity index (χ2n) is 7.21. The Morgan fingerprint density at radius 1 is 1.13 bits per heavy atom. The van der Waals surface area contributed by atoms with Gasteiger partial charge in [0, 0.05) is 30.6 Å². The van der Waals surface area contributed by atoms with Gasteiger partial charge in [0.2, 0.25) is 27.6 Å². The molecule has 1 amide bonds. The van der Waals surface area contributed by atoms with Crippen molar-refractivity contribution in [2.24, 2.45) is 0 Å². The fourth-order valence-corrected chi connectivity index (χ4v) is 3.95. The molecule has 8 nitrogen and oxygen atoms in total. The Bertz CT molecular complexity index is 1120. The van der Waals surface area contributed by atoms with Crippen LogP contribution in [0, 0.1) is 6.92 Å². The van der Waals surface area contributed by atoms with Crippen molar-refractivity contribution >= 4 is 21.6 Å². The molecule has 31 heavy (non-hydrogen) atoms. The summed E-state index contributed by atoms with van der Waals surface area (Å²) < 4.78 is 32.5. The summed E-state index contributed by atoms with van der Waals surface area (Å²) in [6.07, 6.45) is 2.06. The number of amides is 1. The topological polar surface area (TPSA) is 114 Å². The van der Waals surface area contributed by atoms with Crippen LogP contribution in [0.2, 0.25) is 0 Å². The third-order valence-corrected chi connectivity index (χ3v) is 6.05. The van der Waals surface area contributed by atoms with Crippen LogP contribution < -0.4 is 10.0 Å². The number of carbonyl (C=O) groups is 1. The fraction of sp³-hybridized carbons (Fsp3) is 0.318. The first-order chi connectivity index (χ1) is 14.9. The second kappa shape index (κ2) is 10.3. The molecule has 3 aromatic rings. The molecule has 0 atom stereocenters. The number of rotatable bonds is 10. The molecule has 0 spiro atoms.